The van der Waals surface area contributed by atoms with E-state index in [0.29, 0.717) is 10.1 Å². The van der Waals surface area contributed by atoms with Crippen LogP contribution in [0.3, 0.4) is 0 Å². The second-order valence-electron chi connectivity index (χ2n) is 7.07. The van der Waals surface area contributed by atoms with Crippen LogP contribution in [0.2, 0.25) is 0 Å². The number of hydrogen-bond acceptors (Lipinski definition) is 3. The van der Waals surface area contributed by atoms with E-state index < -0.39 is 0 Å². The number of amidine groups is 1. The monoisotopic (exact) mass is 479 g/mol. The molecule has 1 amide bonds. The minimum Gasteiger partial charge on any atom is -0.317 e. The molecular formula is C24H22BrN3OS. The van der Waals surface area contributed by atoms with Crippen molar-refractivity contribution in [3.63, 3.8) is 0 Å². The number of hydrogen-bond donors (Lipinski definition) is 1. The van der Waals surface area contributed by atoms with Crippen molar-refractivity contribution in [2.45, 2.75) is 27.2 Å². The van der Waals surface area contributed by atoms with Gasteiger partial charge < -0.3 is 9.88 Å². The van der Waals surface area contributed by atoms with Crippen molar-refractivity contribution < 1.29 is 4.79 Å². The van der Waals surface area contributed by atoms with Gasteiger partial charge in [0, 0.05) is 27.1 Å². The lowest BCUT2D eigenvalue weighted by molar-refractivity contribution is -0.115. The first-order chi connectivity index (χ1) is 14.5. The smallest absolute Gasteiger partial charge is 0.264 e. The first-order valence-corrected chi connectivity index (χ1v) is 11.4. The topological polar surface area (TPSA) is 46.4 Å². The Morgan fingerprint density at radius 2 is 1.77 bits per heavy atom. The molecule has 0 spiro atoms. The molecule has 0 saturated carbocycles. The van der Waals surface area contributed by atoms with Gasteiger partial charge in [-0.1, -0.05) is 37.3 Å². The minimum absolute atomic E-state index is 0.125. The normalized spacial score (nSPS) is 16.5. The maximum atomic E-state index is 12.6. The molecule has 0 unspecified atom stereocenters. The molecule has 1 aliphatic heterocycles. The fourth-order valence-corrected chi connectivity index (χ4v) is 4.89. The first kappa shape index (κ1) is 20.7. The van der Waals surface area contributed by atoms with Crippen LogP contribution in [0.15, 0.2) is 69.0 Å². The van der Waals surface area contributed by atoms with Crippen LogP contribution in [0.5, 0.6) is 0 Å². The highest BCUT2D eigenvalue weighted by molar-refractivity contribution is 9.10. The number of carbonyl (C=O) groups excluding carboxylic acids is 1. The van der Waals surface area contributed by atoms with Crippen LogP contribution >= 0.6 is 27.7 Å². The van der Waals surface area contributed by atoms with E-state index in [2.05, 4.69) is 75.8 Å². The number of halogens is 1. The predicted octanol–water partition coefficient (Wildman–Crippen LogP) is 6.31. The summed E-state index contributed by atoms with van der Waals surface area (Å²) in [6, 6.07) is 18.3. The quantitative estimate of drug-likeness (QED) is 0.445. The second kappa shape index (κ2) is 8.66. The van der Waals surface area contributed by atoms with Crippen LogP contribution in [0.4, 0.5) is 5.69 Å². The summed E-state index contributed by atoms with van der Waals surface area (Å²) in [5.41, 5.74) is 6.37. The summed E-state index contributed by atoms with van der Waals surface area (Å²) >= 11 is 5.09. The molecule has 2 heterocycles. The molecule has 0 radical (unpaired) electrons. The van der Waals surface area contributed by atoms with Gasteiger partial charge in [0.2, 0.25) is 0 Å². The Hall–Kier alpha value is -2.57. The fraction of sp³-hybridized carbons (Fsp3) is 0.167. The first-order valence-electron chi connectivity index (χ1n) is 9.79. The molecule has 1 aromatic heterocycles. The largest absolute Gasteiger partial charge is 0.317 e. The average Bonchev–Trinajstić information content (AvgIpc) is 3.20. The molecule has 0 bridgehead atoms. The summed E-state index contributed by atoms with van der Waals surface area (Å²) in [5.74, 6) is -0.125. The number of benzene rings is 2. The molecule has 4 nitrogen and oxygen atoms in total. The summed E-state index contributed by atoms with van der Waals surface area (Å²) in [7, 11) is 0. The van der Waals surface area contributed by atoms with E-state index in [1.807, 2.05) is 36.4 Å². The van der Waals surface area contributed by atoms with E-state index in [-0.39, 0.29) is 5.91 Å². The maximum Gasteiger partial charge on any atom is 0.264 e. The molecule has 0 atom stereocenters. The van der Waals surface area contributed by atoms with Gasteiger partial charge in [-0.2, -0.15) is 0 Å². The summed E-state index contributed by atoms with van der Waals surface area (Å²) in [5, 5.41) is 3.48. The molecule has 152 valence electrons. The molecule has 6 heteroatoms. The van der Waals surface area contributed by atoms with Crippen LogP contribution in [0, 0.1) is 13.8 Å². The minimum atomic E-state index is -0.125. The standard InChI is InChI=1S/C24H22BrN3OS/c1-4-17-10-12-18(13-11-17)26-24-27-23(29)21(30-24)14-20-15(2)28(16(3)22(20)25)19-8-6-5-7-9-19/h5-14H,4H2,1-3H3,(H,26,27,29)/b21-14-. The van der Waals surface area contributed by atoms with Gasteiger partial charge >= 0.3 is 0 Å². The van der Waals surface area contributed by atoms with Crippen LogP contribution < -0.4 is 5.32 Å². The van der Waals surface area contributed by atoms with E-state index in [0.717, 1.165) is 39.2 Å². The van der Waals surface area contributed by atoms with Crippen LogP contribution in [0.25, 0.3) is 11.8 Å². The Bertz CT molecular complexity index is 1160. The van der Waals surface area contributed by atoms with E-state index in [1.165, 1.54) is 17.3 Å². The Morgan fingerprint density at radius 1 is 1.07 bits per heavy atom. The van der Waals surface area contributed by atoms with E-state index in [1.54, 1.807) is 0 Å². The Kier molecular flexibility index (Phi) is 5.97. The van der Waals surface area contributed by atoms with Crippen molar-refractivity contribution in [3.8, 4) is 5.69 Å². The lowest BCUT2D eigenvalue weighted by Crippen LogP contribution is -2.19. The third-order valence-electron chi connectivity index (χ3n) is 5.13. The van der Waals surface area contributed by atoms with E-state index in [4.69, 9.17) is 0 Å². The van der Waals surface area contributed by atoms with Crippen LogP contribution in [-0.4, -0.2) is 15.6 Å². The third kappa shape index (κ3) is 4.02. The molecule has 0 aliphatic carbocycles. The third-order valence-corrected chi connectivity index (χ3v) is 7.04. The van der Waals surface area contributed by atoms with Gasteiger partial charge in [0.05, 0.1) is 10.6 Å². The SMILES string of the molecule is CCc1ccc(N=C2NC(=O)/C(=C/c3c(Br)c(C)n(-c4ccccc4)c3C)S2)cc1. The van der Waals surface area contributed by atoms with Crippen molar-refractivity contribution in [1.29, 1.82) is 0 Å². The summed E-state index contributed by atoms with van der Waals surface area (Å²) in [6.45, 7) is 6.26. The summed E-state index contributed by atoms with van der Waals surface area (Å²) in [4.78, 5) is 17.8. The molecule has 1 aliphatic rings. The zero-order chi connectivity index (χ0) is 21.3. The highest BCUT2D eigenvalue weighted by atomic mass is 79.9. The van der Waals surface area contributed by atoms with Crippen LogP contribution in [-0.2, 0) is 11.2 Å². The van der Waals surface area contributed by atoms with Crippen molar-refractivity contribution >= 4 is 50.5 Å². The van der Waals surface area contributed by atoms with Crippen molar-refractivity contribution in [3.05, 3.63) is 86.5 Å². The lowest BCUT2D eigenvalue weighted by atomic mass is 10.2. The van der Waals surface area contributed by atoms with E-state index in [9.17, 15) is 4.79 Å². The van der Waals surface area contributed by atoms with Crippen molar-refractivity contribution in [1.82, 2.24) is 9.88 Å². The zero-order valence-electron chi connectivity index (χ0n) is 17.1. The van der Waals surface area contributed by atoms with Gasteiger partial charge in [0.1, 0.15) is 0 Å². The van der Waals surface area contributed by atoms with Gasteiger partial charge in [-0.3, -0.25) is 4.79 Å². The molecule has 2 aromatic carbocycles. The molecule has 3 aromatic rings. The van der Waals surface area contributed by atoms with Crippen LogP contribution in [0.1, 0.15) is 29.4 Å². The summed E-state index contributed by atoms with van der Waals surface area (Å²) < 4.78 is 3.18. The molecule has 1 N–H and O–H groups in total. The fourth-order valence-electron chi connectivity index (χ4n) is 3.49. The van der Waals surface area contributed by atoms with Gasteiger partial charge in [0.25, 0.3) is 5.91 Å². The number of thioether (sulfide) groups is 1. The van der Waals surface area contributed by atoms with Gasteiger partial charge in [-0.05, 0) is 83.9 Å². The second-order valence-corrected chi connectivity index (χ2v) is 8.89. The van der Waals surface area contributed by atoms with E-state index >= 15 is 0 Å². The van der Waals surface area contributed by atoms with Crippen molar-refractivity contribution in [2.75, 3.05) is 0 Å². The number of aryl methyl sites for hydroxylation is 1. The molecular weight excluding hydrogens is 458 g/mol. The molecule has 1 fully saturated rings. The number of aliphatic imine (C=N–C) groups is 1. The maximum absolute atomic E-state index is 12.6. The van der Waals surface area contributed by atoms with Crippen molar-refractivity contribution in [2.24, 2.45) is 4.99 Å². The molecule has 4 rings (SSSR count). The van der Waals surface area contributed by atoms with Gasteiger partial charge in [-0.15, -0.1) is 0 Å². The van der Waals surface area contributed by atoms with Gasteiger partial charge in [-0.25, -0.2) is 4.99 Å². The summed E-state index contributed by atoms with van der Waals surface area (Å²) in [6.07, 6.45) is 2.93. The lowest BCUT2D eigenvalue weighted by Gasteiger charge is -2.09. The zero-order valence-corrected chi connectivity index (χ0v) is 19.5. The molecule has 1 saturated heterocycles. The highest BCUT2D eigenvalue weighted by Crippen LogP contribution is 2.35. The number of rotatable bonds is 4. The predicted molar refractivity (Wildman–Crippen MR) is 130 cm³/mol. The number of para-hydroxylation sites is 1. The average molecular weight is 480 g/mol. The number of carbonyl (C=O) groups is 1. The number of nitrogens with zero attached hydrogens (tertiary/aromatic N) is 2. The Labute approximate surface area is 189 Å². The number of nitrogens with one attached hydrogen (secondary N) is 1. The number of aromatic nitrogens is 1. The highest BCUT2D eigenvalue weighted by Gasteiger charge is 2.25. The molecule has 30 heavy (non-hydrogen) atoms. The van der Waals surface area contributed by atoms with Gasteiger partial charge in [0.15, 0.2) is 5.17 Å². The Morgan fingerprint density at radius 3 is 2.43 bits per heavy atom. The Balaban J connectivity index is 1.65. The number of amides is 1.